The Hall–Kier alpha value is -1.70. The second-order valence-electron chi connectivity index (χ2n) is 8.92. The number of halogens is 12. The van der Waals surface area contributed by atoms with Gasteiger partial charge in [-0.1, -0.05) is 39.8 Å². The third kappa shape index (κ3) is 5.36. The van der Waals surface area contributed by atoms with Crippen molar-refractivity contribution in [2.45, 2.75) is 75.9 Å². The molecule has 0 aliphatic heterocycles. The molecule has 1 atom stereocenters. The number of hydrogen-bond donors (Lipinski definition) is 2. The molecule has 14 heteroatoms. The van der Waals surface area contributed by atoms with Crippen LogP contribution in [-0.2, 0) is 11.2 Å². The molecular formula is C19H20F12O2. The Balaban J connectivity index is 4.15. The van der Waals surface area contributed by atoms with Crippen LogP contribution in [0.25, 0.3) is 0 Å². The largest absolute Gasteiger partial charge is 0.430 e. The molecule has 0 heterocycles. The highest BCUT2D eigenvalue weighted by atomic mass is 19.4. The fourth-order valence-electron chi connectivity index (χ4n) is 3.37. The van der Waals surface area contributed by atoms with E-state index in [2.05, 4.69) is 0 Å². The zero-order chi connectivity index (χ0) is 26.6. The normalized spacial score (nSPS) is 16.2. The molecule has 0 aliphatic rings. The van der Waals surface area contributed by atoms with Gasteiger partial charge in [0.1, 0.15) is 0 Å². The summed E-state index contributed by atoms with van der Waals surface area (Å²) in [6.45, 7) is 5.81. The van der Waals surface area contributed by atoms with E-state index in [4.69, 9.17) is 0 Å². The predicted molar refractivity (Wildman–Crippen MR) is 90.9 cm³/mol. The Bertz CT molecular complexity index is 757. The van der Waals surface area contributed by atoms with Gasteiger partial charge in [-0.2, -0.15) is 52.7 Å². The molecule has 0 spiro atoms. The lowest BCUT2D eigenvalue weighted by Crippen LogP contribution is -2.56. The van der Waals surface area contributed by atoms with E-state index in [1.165, 1.54) is 0 Å². The molecule has 33 heavy (non-hydrogen) atoms. The van der Waals surface area contributed by atoms with E-state index in [1.54, 1.807) is 20.8 Å². The fraction of sp³-hybridized carbons (Fsp3) is 0.684. The third-order valence-corrected chi connectivity index (χ3v) is 4.92. The van der Waals surface area contributed by atoms with Crippen LogP contribution >= 0.6 is 0 Å². The SMILES string of the molecule is CC(CC(C)(C)C)c1cc(C(O)(C(F)(F)F)C(F)(F)F)cc(C(O)(C(F)(F)F)C(F)(F)F)c1. The van der Waals surface area contributed by atoms with Gasteiger partial charge in [-0.05, 0) is 29.4 Å². The van der Waals surface area contributed by atoms with Crippen LogP contribution in [0.1, 0.15) is 56.7 Å². The van der Waals surface area contributed by atoms with Crippen LogP contribution in [0.2, 0.25) is 0 Å². The zero-order valence-electron chi connectivity index (χ0n) is 17.4. The first kappa shape index (κ1) is 29.3. The highest BCUT2D eigenvalue weighted by Crippen LogP contribution is 2.54. The first-order valence-corrected chi connectivity index (χ1v) is 9.07. The average Bonchev–Trinajstić information content (AvgIpc) is 2.54. The van der Waals surface area contributed by atoms with Gasteiger partial charge in [0.15, 0.2) is 0 Å². The van der Waals surface area contributed by atoms with Crippen molar-refractivity contribution < 1.29 is 62.9 Å². The molecular weight excluding hydrogens is 488 g/mol. The van der Waals surface area contributed by atoms with Crippen LogP contribution in [-0.4, -0.2) is 34.9 Å². The van der Waals surface area contributed by atoms with E-state index in [0.29, 0.717) is 0 Å². The zero-order valence-corrected chi connectivity index (χ0v) is 17.4. The molecule has 192 valence electrons. The highest BCUT2D eigenvalue weighted by molar-refractivity contribution is 5.41. The minimum absolute atomic E-state index is 0.0358. The van der Waals surface area contributed by atoms with Crippen molar-refractivity contribution in [1.82, 2.24) is 0 Å². The van der Waals surface area contributed by atoms with Crippen molar-refractivity contribution in [3.8, 4) is 0 Å². The first-order chi connectivity index (χ1) is 14.2. The van der Waals surface area contributed by atoms with Crippen molar-refractivity contribution in [1.29, 1.82) is 0 Å². The molecule has 1 rings (SSSR count). The lowest BCUT2D eigenvalue weighted by Gasteiger charge is -2.37. The summed E-state index contributed by atoms with van der Waals surface area (Å²) in [5.41, 5.74) is -17.8. The van der Waals surface area contributed by atoms with Crippen LogP contribution in [0, 0.1) is 5.41 Å². The molecule has 1 aromatic rings. The van der Waals surface area contributed by atoms with Crippen LogP contribution in [0.5, 0.6) is 0 Å². The summed E-state index contributed by atoms with van der Waals surface area (Å²) in [5, 5.41) is 19.2. The quantitative estimate of drug-likeness (QED) is 0.437. The smallest absolute Gasteiger partial charge is 0.369 e. The summed E-state index contributed by atoms with van der Waals surface area (Å²) in [4.78, 5) is 0. The molecule has 2 N–H and O–H groups in total. The molecule has 0 radical (unpaired) electrons. The van der Waals surface area contributed by atoms with E-state index < -0.39 is 70.0 Å². The van der Waals surface area contributed by atoms with Gasteiger partial charge in [0, 0.05) is 11.1 Å². The highest BCUT2D eigenvalue weighted by Gasteiger charge is 2.74. The summed E-state index contributed by atoms with van der Waals surface area (Å²) in [6.07, 6.45) is -26.4. The van der Waals surface area contributed by atoms with Gasteiger partial charge >= 0.3 is 24.7 Å². The molecule has 0 bridgehead atoms. The van der Waals surface area contributed by atoms with Crippen LogP contribution in [0.4, 0.5) is 52.7 Å². The van der Waals surface area contributed by atoms with Crippen molar-refractivity contribution >= 4 is 0 Å². The summed E-state index contributed by atoms with van der Waals surface area (Å²) < 4.78 is 160. The number of rotatable bonds is 4. The Morgan fingerprint density at radius 2 is 0.879 bits per heavy atom. The average molecular weight is 508 g/mol. The first-order valence-electron chi connectivity index (χ1n) is 9.07. The summed E-state index contributed by atoms with van der Waals surface area (Å²) in [6, 6.07) is -0.711. The standard InChI is InChI=1S/C19H20F12O2/c1-9(8-13(2,3)4)10-5-11(14(32,16(20,21)22)17(23,24)25)7-12(6-10)15(33,18(26,27)28)19(29,30)31/h5-7,9,32-33H,8H2,1-4H3. The second kappa shape index (κ2) is 8.21. The van der Waals surface area contributed by atoms with E-state index in [1.807, 2.05) is 0 Å². The van der Waals surface area contributed by atoms with Gasteiger partial charge in [-0.15, -0.1) is 0 Å². The lowest BCUT2D eigenvalue weighted by atomic mass is 9.78. The van der Waals surface area contributed by atoms with Crippen LogP contribution in [0.3, 0.4) is 0 Å². The third-order valence-electron chi connectivity index (χ3n) is 4.92. The summed E-state index contributed by atoms with van der Waals surface area (Å²) in [7, 11) is 0. The van der Waals surface area contributed by atoms with Crippen molar-refractivity contribution in [3.63, 3.8) is 0 Å². The van der Waals surface area contributed by atoms with E-state index >= 15 is 0 Å². The molecule has 0 aromatic heterocycles. The minimum Gasteiger partial charge on any atom is -0.369 e. The molecule has 0 amide bonds. The molecule has 1 unspecified atom stereocenters. The van der Waals surface area contributed by atoms with Crippen molar-refractivity contribution in [3.05, 3.63) is 34.9 Å². The maximum Gasteiger partial charge on any atom is 0.430 e. The van der Waals surface area contributed by atoms with Gasteiger partial charge in [0.05, 0.1) is 0 Å². The number of hydrogen-bond acceptors (Lipinski definition) is 2. The molecule has 0 saturated heterocycles. The monoisotopic (exact) mass is 508 g/mol. The molecule has 0 fully saturated rings. The molecule has 1 aromatic carbocycles. The molecule has 2 nitrogen and oxygen atoms in total. The molecule has 0 aliphatic carbocycles. The second-order valence-corrected chi connectivity index (χ2v) is 8.92. The van der Waals surface area contributed by atoms with Gasteiger partial charge in [-0.3, -0.25) is 0 Å². The van der Waals surface area contributed by atoms with E-state index in [9.17, 15) is 62.9 Å². The fourth-order valence-corrected chi connectivity index (χ4v) is 3.37. The predicted octanol–water partition coefficient (Wildman–Crippen LogP) is 6.85. The summed E-state index contributed by atoms with van der Waals surface area (Å²) in [5.74, 6) is -1.17. The van der Waals surface area contributed by atoms with Crippen LogP contribution < -0.4 is 0 Å². The van der Waals surface area contributed by atoms with Gasteiger partial charge < -0.3 is 10.2 Å². The number of aliphatic hydroxyl groups is 2. The Morgan fingerprint density at radius 1 is 0.606 bits per heavy atom. The minimum atomic E-state index is -6.58. The Morgan fingerprint density at radius 3 is 1.09 bits per heavy atom. The van der Waals surface area contributed by atoms with Gasteiger partial charge in [0.2, 0.25) is 0 Å². The van der Waals surface area contributed by atoms with E-state index in [0.717, 1.165) is 6.92 Å². The Kier molecular flexibility index (Phi) is 7.29. The van der Waals surface area contributed by atoms with Crippen molar-refractivity contribution in [2.24, 2.45) is 5.41 Å². The van der Waals surface area contributed by atoms with Gasteiger partial charge in [0.25, 0.3) is 11.2 Å². The van der Waals surface area contributed by atoms with Crippen molar-refractivity contribution in [2.75, 3.05) is 0 Å². The molecule has 0 saturated carbocycles. The Labute approximate surface area is 180 Å². The van der Waals surface area contributed by atoms with Crippen LogP contribution in [0.15, 0.2) is 18.2 Å². The van der Waals surface area contributed by atoms with E-state index in [-0.39, 0.29) is 18.6 Å². The maximum atomic E-state index is 13.3. The number of alkyl halides is 12. The van der Waals surface area contributed by atoms with Gasteiger partial charge in [-0.25, -0.2) is 0 Å². The maximum absolute atomic E-state index is 13.3. The summed E-state index contributed by atoms with van der Waals surface area (Å²) >= 11 is 0. The topological polar surface area (TPSA) is 40.5 Å². The number of benzene rings is 1. The lowest BCUT2D eigenvalue weighted by molar-refractivity contribution is -0.378.